The summed E-state index contributed by atoms with van der Waals surface area (Å²) in [5.41, 5.74) is 1.26. The minimum Gasteiger partial charge on any atom is -0.490 e. The van der Waals surface area contributed by atoms with Crippen LogP contribution in [0.5, 0.6) is 5.75 Å². The van der Waals surface area contributed by atoms with Crippen LogP contribution in [-0.2, 0) is 24.8 Å². The molecule has 0 saturated carbocycles. The second-order valence-electron chi connectivity index (χ2n) is 12.5. The largest absolute Gasteiger partial charge is 0.490 e. The Bertz CT molecular complexity index is 1740. The molecule has 0 saturated heterocycles. The molecule has 4 atom stereocenters. The van der Waals surface area contributed by atoms with Gasteiger partial charge in [-0.3, -0.25) is 9.52 Å². The fourth-order valence-corrected chi connectivity index (χ4v) is 7.76. The van der Waals surface area contributed by atoms with Crippen molar-refractivity contribution in [3.05, 3.63) is 83.9 Å². The van der Waals surface area contributed by atoms with Crippen molar-refractivity contribution in [2.24, 2.45) is 5.92 Å². The highest BCUT2D eigenvalue weighted by Gasteiger charge is 2.32. The van der Waals surface area contributed by atoms with Crippen molar-refractivity contribution in [2.45, 2.75) is 75.0 Å². The maximum Gasteiger partial charge on any atom is 0.261 e. The summed E-state index contributed by atoms with van der Waals surface area (Å²) >= 11 is 0. The Morgan fingerprint density at radius 3 is 2.33 bits per heavy atom. The zero-order chi connectivity index (χ0) is 35.1. The number of rotatable bonds is 9. The van der Waals surface area contributed by atoms with Crippen LogP contribution in [0.15, 0.2) is 82.6 Å². The van der Waals surface area contributed by atoms with Gasteiger partial charge in [0, 0.05) is 38.3 Å². The molecular weight excluding hydrogens is 655 g/mol. The molecule has 1 aliphatic rings. The molecule has 0 unspecified atom stereocenters. The van der Waals surface area contributed by atoms with Gasteiger partial charge in [-0.05, 0) is 82.5 Å². The number of hydrogen-bond donors (Lipinski definition) is 2. The topological polar surface area (TPSA) is 143 Å². The summed E-state index contributed by atoms with van der Waals surface area (Å²) in [7, 11) is -6.23. The van der Waals surface area contributed by atoms with Gasteiger partial charge in [-0.1, -0.05) is 42.8 Å². The van der Waals surface area contributed by atoms with E-state index in [4.69, 9.17) is 9.47 Å². The van der Waals surface area contributed by atoms with Crippen LogP contribution >= 0.6 is 0 Å². The number of sulfonamides is 2. The maximum absolute atomic E-state index is 14.4. The van der Waals surface area contributed by atoms with E-state index >= 15 is 0 Å². The summed E-state index contributed by atoms with van der Waals surface area (Å²) in [6.45, 7) is 7.62. The van der Waals surface area contributed by atoms with Crippen LogP contribution in [0.4, 0.5) is 5.69 Å². The van der Waals surface area contributed by atoms with Gasteiger partial charge in [-0.2, -0.15) is 4.31 Å². The highest BCUT2D eigenvalue weighted by molar-refractivity contribution is 7.92. The lowest BCUT2D eigenvalue weighted by molar-refractivity contribution is -0.00833. The molecule has 0 aromatic heterocycles. The lowest BCUT2D eigenvalue weighted by Crippen LogP contribution is -2.48. The van der Waals surface area contributed by atoms with E-state index in [2.05, 4.69) is 4.72 Å². The Morgan fingerprint density at radius 2 is 1.67 bits per heavy atom. The summed E-state index contributed by atoms with van der Waals surface area (Å²) in [5.74, 6) is -0.529. The van der Waals surface area contributed by atoms with Gasteiger partial charge in [0.1, 0.15) is 5.75 Å². The number of aliphatic hydroxyl groups is 1. The van der Waals surface area contributed by atoms with Crippen molar-refractivity contribution < 1.29 is 36.2 Å². The second kappa shape index (κ2) is 16.3. The normalized spacial score (nSPS) is 20.8. The van der Waals surface area contributed by atoms with Gasteiger partial charge in [0.05, 0.1) is 40.2 Å². The zero-order valence-corrected chi connectivity index (χ0v) is 29.8. The monoisotopic (exact) mass is 701 g/mol. The van der Waals surface area contributed by atoms with Crippen LogP contribution in [0.1, 0.15) is 56.0 Å². The molecule has 48 heavy (non-hydrogen) atoms. The first-order chi connectivity index (χ1) is 22.7. The number of nitrogens with one attached hydrogen (secondary N) is 1. The summed E-state index contributed by atoms with van der Waals surface area (Å²) in [5, 5.41) is 10.2. The first-order valence-corrected chi connectivity index (χ1v) is 19.1. The Kier molecular flexibility index (Phi) is 12.7. The van der Waals surface area contributed by atoms with Gasteiger partial charge in [-0.15, -0.1) is 0 Å². The van der Waals surface area contributed by atoms with Crippen molar-refractivity contribution in [3.8, 4) is 5.75 Å². The molecule has 1 aliphatic heterocycles. The first kappa shape index (κ1) is 37.3. The molecule has 0 fully saturated rings. The number of anilines is 1. The molecule has 0 spiro atoms. The number of aryl methyl sites for hydroxylation is 1. The number of carbonyl (C=O) groups excluding carboxylic acids is 1. The van der Waals surface area contributed by atoms with E-state index in [0.29, 0.717) is 25.2 Å². The third kappa shape index (κ3) is 9.35. The van der Waals surface area contributed by atoms with Crippen molar-refractivity contribution >= 4 is 31.6 Å². The van der Waals surface area contributed by atoms with Crippen LogP contribution in [0.3, 0.4) is 0 Å². The van der Waals surface area contributed by atoms with E-state index in [1.807, 2.05) is 20.8 Å². The predicted molar refractivity (Wildman–Crippen MR) is 185 cm³/mol. The Morgan fingerprint density at radius 1 is 0.979 bits per heavy atom. The Hall–Kier alpha value is -3.49. The van der Waals surface area contributed by atoms with Crippen LogP contribution in [0.2, 0.25) is 0 Å². The van der Waals surface area contributed by atoms with E-state index in [0.717, 1.165) is 12.0 Å². The van der Waals surface area contributed by atoms with E-state index in [9.17, 15) is 26.7 Å². The quantitative estimate of drug-likeness (QED) is 0.321. The lowest BCUT2D eigenvalue weighted by Gasteiger charge is -2.35. The zero-order valence-electron chi connectivity index (χ0n) is 28.2. The van der Waals surface area contributed by atoms with Crippen LogP contribution in [-0.4, -0.2) is 88.7 Å². The third-order valence-corrected chi connectivity index (χ3v) is 11.8. The number of ether oxygens (including phenoxy) is 2. The van der Waals surface area contributed by atoms with Gasteiger partial charge < -0.3 is 19.5 Å². The summed E-state index contributed by atoms with van der Waals surface area (Å²) in [6.07, 6.45) is 1.31. The molecule has 2 N–H and O–H groups in total. The van der Waals surface area contributed by atoms with Gasteiger partial charge in [0.2, 0.25) is 10.0 Å². The minimum atomic E-state index is -3.94. The number of nitrogens with zero attached hydrogens (tertiary/aromatic N) is 2. The fraction of sp³-hybridized carbons (Fsp3) is 0.457. The molecule has 3 aromatic rings. The number of fused-ring (bicyclic) bond motifs is 1. The Labute approximate surface area is 285 Å². The average Bonchev–Trinajstić information content (AvgIpc) is 3.06. The molecule has 3 aromatic carbocycles. The standard InChI is InChI=1S/C35H47N3O8S2/c1-25-14-17-31(18-15-25)48(43,44)37(5)23-34-26(2)22-38(27(3)24-39)35(40)32-21-29(36-47(41,42)30-12-7-6-8-13-30)16-19-33(32)46-28(4)11-9-10-20-45-34/h6-8,12-19,21,26-28,34,36,39H,9-11,20,22-24H2,1-5H3/t26-,27-,28+,34+/m0/s1. The SMILES string of the molecule is Cc1ccc(S(=O)(=O)N(C)C[C@H]2OCCCC[C@@H](C)Oc3ccc(NS(=O)(=O)c4ccccc4)cc3C(=O)N([C@@H](C)CO)C[C@@H]2C)cc1. The highest BCUT2D eigenvalue weighted by atomic mass is 32.2. The van der Waals surface area contributed by atoms with E-state index in [-0.39, 0.29) is 52.8 Å². The fourth-order valence-electron chi connectivity index (χ4n) is 5.50. The van der Waals surface area contributed by atoms with Gasteiger partial charge in [0.25, 0.3) is 15.9 Å². The second-order valence-corrected chi connectivity index (χ2v) is 16.3. The molecule has 13 heteroatoms. The van der Waals surface area contributed by atoms with Crippen LogP contribution in [0.25, 0.3) is 0 Å². The van der Waals surface area contributed by atoms with Gasteiger partial charge in [-0.25, -0.2) is 16.8 Å². The molecule has 11 nitrogen and oxygen atoms in total. The average molecular weight is 702 g/mol. The van der Waals surface area contributed by atoms with Crippen molar-refractivity contribution in [2.75, 3.05) is 38.1 Å². The number of hydrogen-bond acceptors (Lipinski definition) is 8. The number of carbonyl (C=O) groups is 1. The molecule has 4 rings (SSSR count). The van der Waals surface area contributed by atoms with E-state index in [1.54, 1.807) is 61.5 Å². The lowest BCUT2D eigenvalue weighted by atomic mass is 10.0. The molecule has 0 aliphatic carbocycles. The summed E-state index contributed by atoms with van der Waals surface area (Å²) < 4.78 is 69.5. The molecule has 262 valence electrons. The maximum atomic E-state index is 14.4. The molecule has 0 radical (unpaired) electrons. The van der Waals surface area contributed by atoms with E-state index < -0.39 is 38.1 Å². The van der Waals surface area contributed by atoms with E-state index in [1.165, 1.54) is 34.5 Å². The van der Waals surface area contributed by atoms with Crippen molar-refractivity contribution in [3.63, 3.8) is 0 Å². The Balaban J connectivity index is 1.67. The number of benzene rings is 3. The van der Waals surface area contributed by atoms with Crippen molar-refractivity contribution in [1.82, 2.24) is 9.21 Å². The van der Waals surface area contributed by atoms with Crippen molar-refractivity contribution in [1.29, 1.82) is 0 Å². The molecule has 0 bridgehead atoms. The minimum absolute atomic E-state index is 0.0500. The third-order valence-electron chi connectivity index (χ3n) is 8.52. The van der Waals surface area contributed by atoms with Crippen LogP contribution in [0, 0.1) is 12.8 Å². The number of amides is 1. The highest BCUT2D eigenvalue weighted by Crippen LogP contribution is 2.30. The summed E-state index contributed by atoms with van der Waals surface area (Å²) in [4.78, 5) is 16.1. The van der Waals surface area contributed by atoms with Gasteiger partial charge >= 0.3 is 0 Å². The number of aliphatic hydroxyl groups excluding tert-OH is 1. The smallest absolute Gasteiger partial charge is 0.261 e. The summed E-state index contributed by atoms with van der Waals surface area (Å²) in [6, 6.07) is 18.6. The predicted octanol–water partition coefficient (Wildman–Crippen LogP) is 4.91. The number of likely N-dealkylation sites (N-methyl/N-ethyl adjacent to an activating group) is 1. The molecule has 1 heterocycles. The van der Waals surface area contributed by atoms with Gasteiger partial charge in [0.15, 0.2) is 0 Å². The molecule has 1 amide bonds. The first-order valence-electron chi connectivity index (χ1n) is 16.2. The molecular formula is C35H47N3O8S2. The van der Waals surface area contributed by atoms with Crippen LogP contribution < -0.4 is 9.46 Å².